The van der Waals surface area contributed by atoms with Gasteiger partial charge in [0.15, 0.2) is 0 Å². The van der Waals surface area contributed by atoms with Gasteiger partial charge in [-0.15, -0.1) is 5.10 Å². The molecule has 0 bridgehead atoms. The van der Waals surface area contributed by atoms with Crippen LogP contribution in [0.25, 0.3) is 0 Å². The van der Waals surface area contributed by atoms with Gasteiger partial charge in [0, 0.05) is 6.54 Å². The molecule has 0 spiro atoms. The molecule has 17 heavy (non-hydrogen) atoms. The number of aromatic nitrogens is 3. The molecular weight excluding hydrogens is 212 g/mol. The molecule has 1 aliphatic rings. The molecule has 2 rings (SSSR count). The Morgan fingerprint density at radius 2 is 2.06 bits per heavy atom. The highest BCUT2D eigenvalue weighted by Gasteiger charge is 2.21. The molecule has 0 aromatic carbocycles. The van der Waals surface area contributed by atoms with Crippen molar-refractivity contribution in [3.05, 3.63) is 11.4 Å². The standard InChI is InChI=1S/C13H24N4/c1-3-7-13-12(10-14-2)15-16-17(13)11-8-5-4-6-9-11/h11,14H,3-10H2,1-2H3. The van der Waals surface area contributed by atoms with Crippen LogP contribution < -0.4 is 5.32 Å². The van der Waals surface area contributed by atoms with E-state index in [-0.39, 0.29) is 0 Å². The molecule has 1 heterocycles. The number of rotatable bonds is 5. The predicted molar refractivity (Wildman–Crippen MR) is 68.9 cm³/mol. The zero-order chi connectivity index (χ0) is 12.1. The SMILES string of the molecule is CCCc1c(CNC)nnn1C1CCCCC1. The third-order valence-corrected chi connectivity index (χ3v) is 3.62. The zero-order valence-corrected chi connectivity index (χ0v) is 11.1. The van der Waals surface area contributed by atoms with Crippen LogP contribution in [0.3, 0.4) is 0 Å². The zero-order valence-electron chi connectivity index (χ0n) is 11.1. The summed E-state index contributed by atoms with van der Waals surface area (Å²) in [5, 5.41) is 11.9. The molecule has 1 fully saturated rings. The minimum atomic E-state index is 0.600. The third-order valence-electron chi connectivity index (χ3n) is 3.62. The van der Waals surface area contributed by atoms with E-state index < -0.39 is 0 Å². The first kappa shape index (κ1) is 12.6. The van der Waals surface area contributed by atoms with Crippen molar-refractivity contribution in [2.45, 2.75) is 64.5 Å². The summed E-state index contributed by atoms with van der Waals surface area (Å²) in [6.45, 7) is 3.06. The number of nitrogens with zero attached hydrogens (tertiary/aromatic N) is 3. The van der Waals surface area contributed by atoms with E-state index in [4.69, 9.17) is 0 Å². The molecule has 0 radical (unpaired) electrons. The third kappa shape index (κ3) is 2.86. The highest BCUT2D eigenvalue weighted by molar-refractivity contribution is 5.11. The van der Waals surface area contributed by atoms with Gasteiger partial charge in [-0.25, -0.2) is 4.68 Å². The van der Waals surface area contributed by atoms with Gasteiger partial charge in [0.2, 0.25) is 0 Å². The highest BCUT2D eigenvalue weighted by Crippen LogP contribution is 2.29. The van der Waals surface area contributed by atoms with Crippen molar-refractivity contribution in [3.8, 4) is 0 Å². The first-order valence-electron chi connectivity index (χ1n) is 6.94. The van der Waals surface area contributed by atoms with Crippen LogP contribution in [0.1, 0.15) is 62.9 Å². The molecule has 1 aromatic heterocycles. The Kier molecular flexibility index (Phi) is 4.54. The van der Waals surface area contributed by atoms with E-state index in [0.717, 1.165) is 25.1 Å². The monoisotopic (exact) mass is 236 g/mol. The van der Waals surface area contributed by atoms with Gasteiger partial charge < -0.3 is 5.32 Å². The molecule has 1 aliphatic carbocycles. The summed E-state index contributed by atoms with van der Waals surface area (Å²) in [5.41, 5.74) is 2.49. The Hall–Kier alpha value is -0.900. The van der Waals surface area contributed by atoms with Gasteiger partial charge >= 0.3 is 0 Å². The lowest BCUT2D eigenvalue weighted by Crippen LogP contribution is -2.17. The molecule has 0 aliphatic heterocycles. The van der Waals surface area contributed by atoms with Crippen LogP contribution in [0.15, 0.2) is 0 Å². The molecule has 96 valence electrons. The summed E-state index contributed by atoms with van der Waals surface area (Å²) >= 11 is 0. The average Bonchev–Trinajstić information content (AvgIpc) is 2.75. The normalized spacial score (nSPS) is 17.5. The van der Waals surface area contributed by atoms with Crippen molar-refractivity contribution in [2.75, 3.05) is 7.05 Å². The Balaban J connectivity index is 2.19. The van der Waals surface area contributed by atoms with Gasteiger partial charge in [0.25, 0.3) is 0 Å². The summed E-state index contributed by atoms with van der Waals surface area (Å²) in [7, 11) is 1.97. The second-order valence-electron chi connectivity index (χ2n) is 5.00. The Morgan fingerprint density at radius 3 is 2.71 bits per heavy atom. The minimum Gasteiger partial charge on any atom is -0.314 e. The maximum Gasteiger partial charge on any atom is 0.0996 e. The number of hydrogen-bond donors (Lipinski definition) is 1. The lowest BCUT2D eigenvalue weighted by atomic mass is 9.95. The van der Waals surface area contributed by atoms with Gasteiger partial charge in [0.1, 0.15) is 0 Å². The average molecular weight is 236 g/mol. The van der Waals surface area contributed by atoms with Gasteiger partial charge in [-0.2, -0.15) is 0 Å². The first-order valence-corrected chi connectivity index (χ1v) is 6.94. The van der Waals surface area contributed by atoms with E-state index in [2.05, 4.69) is 27.2 Å². The molecule has 4 heteroatoms. The Bertz CT molecular complexity index is 339. The van der Waals surface area contributed by atoms with Crippen LogP contribution in [0.5, 0.6) is 0 Å². The largest absolute Gasteiger partial charge is 0.314 e. The Labute approximate surface area is 104 Å². The van der Waals surface area contributed by atoms with E-state index in [0.29, 0.717) is 6.04 Å². The second-order valence-corrected chi connectivity index (χ2v) is 5.00. The van der Waals surface area contributed by atoms with Crippen LogP contribution in [0.2, 0.25) is 0 Å². The highest BCUT2D eigenvalue weighted by atomic mass is 15.4. The predicted octanol–water partition coefficient (Wildman–Crippen LogP) is 2.46. The fourth-order valence-corrected chi connectivity index (χ4v) is 2.77. The molecule has 0 amide bonds. The summed E-state index contributed by atoms with van der Waals surface area (Å²) in [5.74, 6) is 0. The quantitative estimate of drug-likeness (QED) is 0.854. The minimum absolute atomic E-state index is 0.600. The van der Waals surface area contributed by atoms with Crippen molar-refractivity contribution in [1.82, 2.24) is 20.3 Å². The van der Waals surface area contributed by atoms with E-state index in [1.807, 2.05) is 7.05 Å². The van der Waals surface area contributed by atoms with Crippen molar-refractivity contribution < 1.29 is 0 Å². The molecule has 1 aromatic rings. The molecule has 0 saturated heterocycles. The van der Waals surface area contributed by atoms with E-state index >= 15 is 0 Å². The topological polar surface area (TPSA) is 42.7 Å². The van der Waals surface area contributed by atoms with Crippen molar-refractivity contribution in [3.63, 3.8) is 0 Å². The molecule has 0 atom stereocenters. The summed E-state index contributed by atoms with van der Waals surface area (Å²) < 4.78 is 2.22. The molecule has 1 N–H and O–H groups in total. The molecule has 1 saturated carbocycles. The van der Waals surface area contributed by atoms with Crippen LogP contribution in [0, 0.1) is 0 Å². The first-order chi connectivity index (χ1) is 8.36. The van der Waals surface area contributed by atoms with Crippen LogP contribution >= 0.6 is 0 Å². The lowest BCUT2D eigenvalue weighted by molar-refractivity contribution is 0.317. The van der Waals surface area contributed by atoms with Crippen molar-refractivity contribution in [1.29, 1.82) is 0 Å². The van der Waals surface area contributed by atoms with E-state index in [1.54, 1.807) is 0 Å². The second kappa shape index (κ2) is 6.15. The van der Waals surface area contributed by atoms with Gasteiger partial charge in [-0.05, 0) is 26.3 Å². The molecule has 0 unspecified atom stereocenters. The van der Waals surface area contributed by atoms with Crippen molar-refractivity contribution in [2.24, 2.45) is 0 Å². The van der Waals surface area contributed by atoms with E-state index in [9.17, 15) is 0 Å². The van der Waals surface area contributed by atoms with Crippen LogP contribution in [-0.2, 0) is 13.0 Å². The fraction of sp³-hybridized carbons (Fsp3) is 0.846. The maximum absolute atomic E-state index is 4.40. The molecular formula is C13H24N4. The summed E-state index contributed by atoms with van der Waals surface area (Å²) in [4.78, 5) is 0. The van der Waals surface area contributed by atoms with Gasteiger partial charge in [0.05, 0.1) is 17.4 Å². The number of nitrogens with one attached hydrogen (secondary N) is 1. The van der Waals surface area contributed by atoms with E-state index in [1.165, 1.54) is 37.8 Å². The fourth-order valence-electron chi connectivity index (χ4n) is 2.77. The van der Waals surface area contributed by atoms with Crippen LogP contribution in [0.4, 0.5) is 0 Å². The maximum atomic E-state index is 4.40. The Morgan fingerprint density at radius 1 is 1.29 bits per heavy atom. The van der Waals surface area contributed by atoms with Gasteiger partial charge in [-0.3, -0.25) is 0 Å². The van der Waals surface area contributed by atoms with Crippen molar-refractivity contribution >= 4 is 0 Å². The number of hydrogen-bond acceptors (Lipinski definition) is 3. The van der Waals surface area contributed by atoms with Crippen LogP contribution in [-0.4, -0.2) is 22.0 Å². The van der Waals surface area contributed by atoms with Gasteiger partial charge in [-0.1, -0.05) is 37.8 Å². The summed E-state index contributed by atoms with van der Waals surface area (Å²) in [6.07, 6.45) is 8.89. The molecule has 4 nitrogen and oxygen atoms in total. The smallest absolute Gasteiger partial charge is 0.0996 e. The summed E-state index contributed by atoms with van der Waals surface area (Å²) in [6, 6.07) is 0.600. The lowest BCUT2D eigenvalue weighted by Gasteiger charge is -2.23.